The molecule has 10 heteroatoms. The summed E-state index contributed by atoms with van der Waals surface area (Å²) >= 11 is 5.70. The van der Waals surface area contributed by atoms with Gasteiger partial charge in [-0.3, -0.25) is 4.79 Å². The van der Waals surface area contributed by atoms with Gasteiger partial charge in [-0.15, -0.1) is 13.2 Å². The van der Waals surface area contributed by atoms with Gasteiger partial charge >= 0.3 is 6.36 Å². The van der Waals surface area contributed by atoms with E-state index in [2.05, 4.69) is 14.8 Å². The normalized spacial score (nSPS) is 11.5. The summed E-state index contributed by atoms with van der Waals surface area (Å²) < 4.78 is 56.1. The Kier molecular flexibility index (Phi) is 6.94. The fourth-order valence-electron chi connectivity index (χ4n) is 2.95. The van der Waals surface area contributed by atoms with E-state index in [0.717, 1.165) is 0 Å². The summed E-state index contributed by atoms with van der Waals surface area (Å²) in [4.78, 5) is 16.8. The first-order valence-corrected chi connectivity index (χ1v) is 9.78. The van der Waals surface area contributed by atoms with Crippen molar-refractivity contribution >= 4 is 17.4 Å². The Balaban J connectivity index is 1.66. The standard InChI is InChI=1S/C21H18ClF4N3O2/c1-2-19-27-20(14-7-9-17(22)18(23)11-14)28-29(19)12-15(30)8-6-13-4-3-5-16(10-13)31-21(24,25)26/h3-5,7,9-11H,2,6,8,12H2,1H3. The average molecular weight is 456 g/mol. The van der Waals surface area contributed by atoms with Crippen molar-refractivity contribution in [2.45, 2.75) is 39.1 Å². The van der Waals surface area contributed by atoms with Crippen LogP contribution in [-0.2, 0) is 24.2 Å². The largest absolute Gasteiger partial charge is 0.573 e. The van der Waals surface area contributed by atoms with Crippen LogP contribution in [0.4, 0.5) is 17.6 Å². The van der Waals surface area contributed by atoms with Crippen LogP contribution in [0.2, 0.25) is 5.02 Å². The van der Waals surface area contributed by atoms with Crippen LogP contribution >= 0.6 is 11.6 Å². The Hall–Kier alpha value is -2.94. The number of hydrogen-bond donors (Lipinski definition) is 0. The Labute approximate surface area is 180 Å². The number of Topliss-reactive ketones (excluding diaryl/α,β-unsaturated/α-hetero) is 1. The van der Waals surface area contributed by atoms with Crippen molar-refractivity contribution in [2.24, 2.45) is 0 Å². The minimum absolute atomic E-state index is 0.0150. The highest BCUT2D eigenvalue weighted by Gasteiger charge is 2.31. The Morgan fingerprint density at radius 1 is 1.19 bits per heavy atom. The minimum Gasteiger partial charge on any atom is -0.406 e. The van der Waals surface area contributed by atoms with Crippen LogP contribution in [0, 0.1) is 5.82 Å². The number of aromatic nitrogens is 3. The molecular weight excluding hydrogens is 438 g/mol. The maximum atomic E-state index is 13.7. The van der Waals surface area contributed by atoms with Crippen molar-refractivity contribution in [3.05, 3.63) is 64.7 Å². The van der Waals surface area contributed by atoms with Crippen molar-refractivity contribution in [1.29, 1.82) is 0 Å². The van der Waals surface area contributed by atoms with Crippen LogP contribution in [-0.4, -0.2) is 26.9 Å². The van der Waals surface area contributed by atoms with Crippen LogP contribution < -0.4 is 4.74 Å². The van der Waals surface area contributed by atoms with Gasteiger partial charge in [0.2, 0.25) is 0 Å². The Morgan fingerprint density at radius 2 is 1.97 bits per heavy atom. The molecule has 0 atom stereocenters. The number of alkyl halides is 3. The fraction of sp³-hybridized carbons (Fsp3) is 0.286. The lowest BCUT2D eigenvalue weighted by Crippen LogP contribution is -2.17. The van der Waals surface area contributed by atoms with E-state index >= 15 is 0 Å². The molecule has 164 valence electrons. The molecule has 3 aromatic rings. The molecule has 0 aliphatic heterocycles. The highest BCUT2D eigenvalue weighted by molar-refractivity contribution is 6.30. The summed E-state index contributed by atoms with van der Waals surface area (Å²) in [5, 5.41) is 4.29. The monoisotopic (exact) mass is 455 g/mol. The average Bonchev–Trinajstić information content (AvgIpc) is 3.10. The second kappa shape index (κ2) is 9.47. The molecule has 3 rings (SSSR count). The minimum atomic E-state index is -4.78. The summed E-state index contributed by atoms with van der Waals surface area (Å²) in [6, 6.07) is 9.72. The number of hydrogen-bond acceptors (Lipinski definition) is 4. The molecule has 5 nitrogen and oxygen atoms in total. The molecule has 0 radical (unpaired) electrons. The van der Waals surface area contributed by atoms with Crippen LogP contribution in [0.1, 0.15) is 24.7 Å². The number of nitrogens with zero attached hydrogens (tertiary/aromatic N) is 3. The van der Waals surface area contributed by atoms with Gasteiger partial charge in [-0.2, -0.15) is 5.10 Å². The summed E-state index contributed by atoms with van der Waals surface area (Å²) in [7, 11) is 0. The molecule has 0 saturated heterocycles. The van der Waals surface area contributed by atoms with E-state index in [1.807, 2.05) is 6.92 Å². The van der Waals surface area contributed by atoms with Crippen molar-refractivity contribution in [2.75, 3.05) is 0 Å². The second-order valence-electron chi connectivity index (χ2n) is 6.73. The van der Waals surface area contributed by atoms with Crippen molar-refractivity contribution in [3.8, 4) is 17.1 Å². The number of aryl methyl sites for hydroxylation is 2. The van der Waals surface area contributed by atoms with E-state index in [1.54, 1.807) is 12.1 Å². The van der Waals surface area contributed by atoms with Crippen molar-refractivity contribution in [3.63, 3.8) is 0 Å². The van der Waals surface area contributed by atoms with Crippen LogP contribution in [0.25, 0.3) is 11.4 Å². The van der Waals surface area contributed by atoms with E-state index in [0.29, 0.717) is 23.4 Å². The lowest BCUT2D eigenvalue weighted by atomic mass is 10.1. The lowest BCUT2D eigenvalue weighted by molar-refractivity contribution is -0.274. The fourth-order valence-corrected chi connectivity index (χ4v) is 3.07. The quantitative estimate of drug-likeness (QED) is 0.427. The van der Waals surface area contributed by atoms with Gasteiger partial charge in [0.05, 0.1) is 5.02 Å². The molecule has 2 aromatic carbocycles. The number of ketones is 1. The maximum absolute atomic E-state index is 13.7. The number of carbonyl (C=O) groups excluding carboxylic acids is 1. The third kappa shape index (κ3) is 6.27. The summed E-state index contributed by atoms with van der Waals surface area (Å²) in [5.74, 6) is -0.268. The second-order valence-corrected chi connectivity index (χ2v) is 7.13. The number of halogens is 5. The van der Waals surface area contributed by atoms with E-state index in [4.69, 9.17) is 11.6 Å². The predicted molar refractivity (Wildman–Crippen MR) is 106 cm³/mol. The Morgan fingerprint density at radius 3 is 2.65 bits per heavy atom. The van der Waals surface area contributed by atoms with Gasteiger partial charge in [0.1, 0.15) is 23.9 Å². The molecule has 31 heavy (non-hydrogen) atoms. The molecule has 0 fully saturated rings. The topological polar surface area (TPSA) is 57.0 Å². The first kappa shape index (κ1) is 22.7. The van der Waals surface area contributed by atoms with Gasteiger partial charge in [-0.05, 0) is 42.3 Å². The summed E-state index contributed by atoms with van der Waals surface area (Å²) in [6.45, 7) is 1.80. The molecule has 1 heterocycles. The number of benzene rings is 2. The molecule has 0 N–H and O–H groups in total. The summed E-state index contributed by atoms with van der Waals surface area (Å²) in [6.07, 6.45) is -3.92. The van der Waals surface area contributed by atoms with Gasteiger partial charge in [0.25, 0.3) is 0 Å². The highest BCUT2D eigenvalue weighted by Crippen LogP contribution is 2.24. The van der Waals surface area contributed by atoms with E-state index in [9.17, 15) is 22.4 Å². The van der Waals surface area contributed by atoms with Gasteiger partial charge in [0, 0.05) is 18.4 Å². The van der Waals surface area contributed by atoms with Crippen LogP contribution in [0.5, 0.6) is 5.75 Å². The third-order valence-corrected chi connectivity index (χ3v) is 4.70. The third-order valence-electron chi connectivity index (χ3n) is 4.39. The lowest BCUT2D eigenvalue weighted by Gasteiger charge is -2.10. The van der Waals surface area contributed by atoms with Gasteiger partial charge in [-0.25, -0.2) is 14.1 Å². The van der Waals surface area contributed by atoms with E-state index in [1.165, 1.54) is 35.0 Å². The smallest absolute Gasteiger partial charge is 0.406 e. The molecule has 0 unspecified atom stereocenters. The van der Waals surface area contributed by atoms with E-state index < -0.39 is 12.2 Å². The molecule has 0 spiro atoms. The van der Waals surface area contributed by atoms with Crippen LogP contribution in [0.3, 0.4) is 0 Å². The number of carbonyl (C=O) groups is 1. The zero-order valence-corrected chi connectivity index (χ0v) is 17.2. The zero-order chi connectivity index (χ0) is 22.6. The SMILES string of the molecule is CCc1nc(-c2ccc(Cl)c(F)c2)nn1CC(=O)CCc1cccc(OC(F)(F)F)c1. The van der Waals surface area contributed by atoms with Gasteiger partial charge in [-0.1, -0.05) is 30.7 Å². The molecule has 0 aliphatic carbocycles. The molecule has 1 aromatic heterocycles. The zero-order valence-electron chi connectivity index (χ0n) is 16.4. The molecular formula is C21H18ClF4N3O2. The molecule has 0 bridgehead atoms. The summed E-state index contributed by atoms with van der Waals surface area (Å²) in [5.41, 5.74) is 0.978. The maximum Gasteiger partial charge on any atom is 0.573 e. The molecule has 0 saturated carbocycles. The number of rotatable bonds is 8. The van der Waals surface area contributed by atoms with Gasteiger partial charge < -0.3 is 4.74 Å². The van der Waals surface area contributed by atoms with Crippen molar-refractivity contribution in [1.82, 2.24) is 14.8 Å². The Bertz CT molecular complexity index is 1080. The van der Waals surface area contributed by atoms with E-state index in [-0.39, 0.29) is 41.8 Å². The van der Waals surface area contributed by atoms with Gasteiger partial charge in [0.15, 0.2) is 11.6 Å². The first-order chi connectivity index (χ1) is 14.6. The molecule has 0 aliphatic rings. The highest BCUT2D eigenvalue weighted by atomic mass is 35.5. The van der Waals surface area contributed by atoms with Crippen molar-refractivity contribution < 1.29 is 27.1 Å². The van der Waals surface area contributed by atoms with Crippen LogP contribution in [0.15, 0.2) is 42.5 Å². The number of ether oxygens (including phenoxy) is 1. The predicted octanol–water partition coefficient (Wildman–Crippen LogP) is 5.40. The first-order valence-electron chi connectivity index (χ1n) is 9.40. The molecule has 0 amide bonds.